The van der Waals surface area contributed by atoms with Gasteiger partial charge in [-0.25, -0.2) is 14.3 Å². The number of alkyl halides is 3. The fraction of sp³-hybridized carbons (Fsp3) is 0.0476. The van der Waals surface area contributed by atoms with Crippen LogP contribution in [0.2, 0.25) is 5.02 Å². The number of aromatic nitrogens is 3. The monoisotopic (exact) mass is 460 g/mol. The van der Waals surface area contributed by atoms with E-state index in [1.807, 2.05) is 0 Å². The van der Waals surface area contributed by atoms with Gasteiger partial charge < -0.3 is 0 Å². The number of nitrogens with one attached hydrogen (secondary N) is 1. The van der Waals surface area contributed by atoms with Crippen molar-refractivity contribution in [2.45, 2.75) is 6.18 Å². The van der Waals surface area contributed by atoms with Crippen LogP contribution in [-0.2, 0) is 6.18 Å². The Hall–Kier alpha value is -3.79. The van der Waals surface area contributed by atoms with Crippen LogP contribution < -0.4 is 4.90 Å². The number of fused-ring (bicyclic) bond motifs is 3. The molecule has 1 aliphatic heterocycles. The zero-order valence-corrected chi connectivity index (χ0v) is 16.4. The highest BCUT2D eigenvalue weighted by Crippen LogP contribution is 2.40. The number of benzene rings is 2. The number of imide groups is 1. The highest BCUT2D eigenvalue weighted by Gasteiger charge is 2.41. The normalized spacial score (nSPS) is 13.8. The van der Waals surface area contributed by atoms with Gasteiger partial charge in [0, 0.05) is 11.8 Å². The second kappa shape index (κ2) is 6.86. The molecular formula is C21H9ClF4N4O2. The lowest BCUT2D eigenvalue weighted by Gasteiger charge is -2.17. The van der Waals surface area contributed by atoms with E-state index < -0.39 is 34.4 Å². The van der Waals surface area contributed by atoms with Crippen molar-refractivity contribution in [2.75, 3.05) is 4.90 Å². The van der Waals surface area contributed by atoms with E-state index in [-0.39, 0.29) is 27.8 Å². The average molecular weight is 461 g/mol. The van der Waals surface area contributed by atoms with E-state index in [1.54, 1.807) is 0 Å². The van der Waals surface area contributed by atoms with E-state index >= 15 is 0 Å². The summed E-state index contributed by atoms with van der Waals surface area (Å²) < 4.78 is 53.2. The van der Waals surface area contributed by atoms with Crippen molar-refractivity contribution in [1.29, 1.82) is 0 Å². The van der Waals surface area contributed by atoms with Gasteiger partial charge in [0.1, 0.15) is 5.82 Å². The molecule has 0 radical (unpaired) electrons. The van der Waals surface area contributed by atoms with E-state index in [9.17, 15) is 27.2 Å². The van der Waals surface area contributed by atoms with Crippen LogP contribution in [0.3, 0.4) is 0 Å². The number of hydrogen-bond donors (Lipinski definition) is 1. The third kappa shape index (κ3) is 2.94. The van der Waals surface area contributed by atoms with Crippen molar-refractivity contribution in [3.05, 3.63) is 76.2 Å². The molecule has 1 N–H and O–H groups in total. The molecule has 6 nitrogen and oxygen atoms in total. The van der Waals surface area contributed by atoms with E-state index in [0.29, 0.717) is 22.2 Å². The molecule has 0 atom stereocenters. The summed E-state index contributed by atoms with van der Waals surface area (Å²) in [4.78, 5) is 31.0. The first-order valence-electron chi connectivity index (χ1n) is 9.05. The van der Waals surface area contributed by atoms with Gasteiger partial charge in [0.2, 0.25) is 0 Å². The van der Waals surface area contributed by atoms with Crippen molar-refractivity contribution < 1.29 is 27.2 Å². The predicted octanol–water partition coefficient (Wildman–Crippen LogP) is 5.24. The van der Waals surface area contributed by atoms with Gasteiger partial charge in [0.05, 0.1) is 38.5 Å². The molecule has 4 aromatic rings. The number of carbonyl (C=O) groups excluding carboxylic acids is 2. The lowest BCUT2D eigenvalue weighted by Crippen LogP contribution is -2.29. The average Bonchev–Trinajstić information content (AvgIpc) is 3.28. The molecule has 11 heteroatoms. The van der Waals surface area contributed by atoms with Gasteiger partial charge in [-0.1, -0.05) is 11.6 Å². The number of aromatic amines is 1. The maximum Gasteiger partial charge on any atom is 0.417 e. The third-order valence-corrected chi connectivity index (χ3v) is 5.41. The molecular weight excluding hydrogens is 452 g/mol. The molecule has 0 unspecified atom stereocenters. The number of anilines is 1. The molecule has 5 rings (SSSR count). The predicted molar refractivity (Wildman–Crippen MR) is 107 cm³/mol. The zero-order chi connectivity index (χ0) is 22.8. The van der Waals surface area contributed by atoms with E-state index in [0.717, 1.165) is 18.3 Å². The first-order chi connectivity index (χ1) is 15.2. The van der Waals surface area contributed by atoms with Crippen molar-refractivity contribution in [3.8, 4) is 11.3 Å². The van der Waals surface area contributed by atoms with Crippen molar-refractivity contribution in [1.82, 2.24) is 15.2 Å². The first kappa shape index (κ1) is 20.1. The molecule has 2 aromatic carbocycles. The Morgan fingerprint density at radius 3 is 2.41 bits per heavy atom. The largest absolute Gasteiger partial charge is 0.417 e. The zero-order valence-electron chi connectivity index (χ0n) is 15.7. The Labute approximate surface area is 181 Å². The Balaban J connectivity index is 1.69. The number of pyridine rings is 1. The molecule has 1 aliphatic rings. The summed E-state index contributed by atoms with van der Waals surface area (Å²) in [5, 5.41) is 6.40. The minimum Gasteiger partial charge on any atom is -0.275 e. The minimum absolute atomic E-state index is 0.0587. The molecule has 0 bridgehead atoms. The van der Waals surface area contributed by atoms with Gasteiger partial charge in [-0.15, -0.1) is 0 Å². The lowest BCUT2D eigenvalue weighted by molar-refractivity contribution is -0.137. The van der Waals surface area contributed by atoms with E-state index in [1.165, 1.54) is 24.3 Å². The van der Waals surface area contributed by atoms with Crippen LogP contribution in [0, 0.1) is 5.82 Å². The Kier molecular flexibility index (Phi) is 4.31. The molecule has 0 spiro atoms. The smallest absolute Gasteiger partial charge is 0.275 e. The number of H-pyrrole nitrogens is 1. The van der Waals surface area contributed by atoms with Crippen LogP contribution in [0.4, 0.5) is 23.2 Å². The number of carbonyl (C=O) groups is 2. The summed E-state index contributed by atoms with van der Waals surface area (Å²) in [7, 11) is 0. The summed E-state index contributed by atoms with van der Waals surface area (Å²) in [5.74, 6) is -2.14. The molecule has 0 saturated carbocycles. The Bertz CT molecular complexity index is 1430. The number of rotatable bonds is 2. The molecule has 0 aliphatic carbocycles. The first-order valence-corrected chi connectivity index (χ1v) is 9.43. The highest BCUT2D eigenvalue weighted by atomic mass is 35.5. The molecule has 3 heterocycles. The standard InChI is InChI=1S/C21H9ClF4N4O2/c22-14-6-5-11(7-13(14)21(24,25)26)30-19(31)12-8-27-18-16(15(12)20(30)32)17(28-29-18)9-1-3-10(23)4-2-9/h1-8H,(H,27,28,29). The molecule has 0 saturated heterocycles. The molecule has 2 amide bonds. The number of nitrogens with zero attached hydrogens (tertiary/aromatic N) is 3. The van der Waals surface area contributed by atoms with Crippen LogP contribution in [0.5, 0.6) is 0 Å². The van der Waals surface area contributed by atoms with Gasteiger partial charge in [-0.3, -0.25) is 14.7 Å². The molecule has 2 aromatic heterocycles. The van der Waals surface area contributed by atoms with Crippen molar-refractivity contribution >= 4 is 40.1 Å². The van der Waals surface area contributed by atoms with Gasteiger partial charge in [0.25, 0.3) is 11.8 Å². The van der Waals surface area contributed by atoms with Gasteiger partial charge in [0.15, 0.2) is 5.65 Å². The summed E-state index contributed by atoms with van der Waals surface area (Å²) >= 11 is 5.66. The van der Waals surface area contributed by atoms with Crippen molar-refractivity contribution in [3.63, 3.8) is 0 Å². The minimum atomic E-state index is -4.78. The van der Waals surface area contributed by atoms with Gasteiger partial charge in [-0.2, -0.15) is 18.3 Å². The number of amides is 2. The van der Waals surface area contributed by atoms with Crippen LogP contribution in [-0.4, -0.2) is 27.0 Å². The van der Waals surface area contributed by atoms with E-state index in [2.05, 4.69) is 15.2 Å². The fourth-order valence-corrected chi connectivity index (χ4v) is 3.85. The van der Waals surface area contributed by atoms with Crippen LogP contribution in [0.25, 0.3) is 22.3 Å². The number of halogens is 5. The highest BCUT2D eigenvalue weighted by molar-refractivity contribution is 6.38. The number of hydrogen-bond acceptors (Lipinski definition) is 4. The maximum atomic E-state index is 13.3. The summed E-state index contributed by atoms with van der Waals surface area (Å²) in [5.41, 5.74) is -0.682. The van der Waals surface area contributed by atoms with Crippen molar-refractivity contribution in [2.24, 2.45) is 0 Å². The fourth-order valence-electron chi connectivity index (χ4n) is 3.63. The van der Waals surface area contributed by atoms with Gasteiger partial charge >= 0.3 is 6.18 Å². The SMILES string of the molecule is O=C1c2cnc3n[nH]c(-c4ccc(F)cc4)c3c2C(=O)N1c1ccc(Cl)c(C(F)(F)F)c1. The maximum absolute atomic E-state index is 13.3. The molecule has 32 heavy (non-hydrogen) atoms. The van der Waals surface area contributed by atoms with Gasteiger partial charge in [-0.05, 0) is 42.5 Å². The van der Waals surface area contributed by atoms with Crippen LogP contribution >= 0.6 is 11.6 Å². The third-order valence-electron chi connectivity index (χ3n) is 5.08. The van der Waals surface area contributed by atoms with E-state index in [4.69, 9.17) is 11.6 Å². The summed E-state index contributed by atoms with van der Waals surface area (Å²) in [6, 6.07) is 8.10. The topological polar surface area (TPSA) is 79.0 Å². The second-order valence-corrected chi connectivity index (χ2v) is 7.37. The summed E-state index contributed by atoms with van der Waals surface area (Å²) in [6.45, 7) is 0. The Morgan fingerprint density at radius 2 is 1.72 bits per heavy atom. The molecule has 160 valence electrons. The molecule has 0 fully saturated rings. The van der Waals surface area contributed by atoms with Crippen LogP contribution in [0.1, 0.15) is 26.3 Å². The Morgan fingerprint density at radius 1 is 1.00 bits per heavy atom. The quantitative estimate of drug-likeness (QED) is 0.328. The lowest BCUT2D eigenvalue weighted by atomic mass is 10.0. The second-order valence-electron chi connectivity index (χ2n) is 6.96. The van der Waals surface area contributed by atoms with Crippen LogP contribution in [0.15, 0.2) is 48.7 Å². The summed E-state index contributed by atoms with van der Waals surface area (Å²) in [6.07, 6.45) is -3.63.